The van der Waals surface area contributed by atoms with Gasteiger partial charge in [0.05, 0.1) is 12.6 Å². The number of hydrogen-bond acceptors (Lipinski definition) is 3. The molecule has 3 N–H and O–H groups in total. The zero-order valence-electron chi connectivity index (χ0n) is 11.7. The van der Waals surface area contributed by atoms with E-state index in [1.165, 1.54) is 0 Å². The smallest absolute Gasteiger partial charge is 0.262 e. The topological polar surface area (TPSA) is 70.2 Å². The molecule has 1 saturated heterocycles. The second-order valence-electron chi connectivity index (χ2n) is 5.09. The summed E-state index contributed by atoms with van der Waals surface area (Å²) >= 11 is 3.29. The molecule has 0 bridgehead atoms. The number of alkyl halides is 2. The fourth-order valence-corrected chi connectivity index (χ4v) is 2.34. The Kier molecular flexibility index (Phi) is 5.47. The SMILES string of the molecule is O=C(CCNC(=O)C1CC(F)(F)CN1)Nc1ccc(Br)cc1. The third kappa shape index (κ3) is 5.03. The second-order valence-corrected chi connectivity index (χ2v) is 6.01. The van der Waals surface area contributed by atoms with E-state index in [0.717, 1.165) is 4.47 Å². The van der Waals surface area contributed by atoms with Crippen molar-refractivity contribution in [3.8, 4) is 0 Å². The van der Waals surface area contributed by atoms with Crippen LogP contribution in [0.4, 0.5) is 14.5 Å². The van der Waals surface area contributed by atoms with Crippen molar-refractivity contribution in [2.24, 2.45) is 0 Å². The number of rotatable bonds is 5. The Morgan fingerprint density at radius 2 is 2.00 bits per heavy atom. The molecule has 0 radical (unpaired) electrons. The first-order valence-corrected chi connectivity index (χ1v) is 7.59. The monoisotopic (exact) mass is 375 g/mol. The Labute approximate surface area is 135 Å². The number of carbonyl (C=O) groups excluding carboxylic acids is 2. The summed E-state index contributed by atoms with van der Waals surface area (Å²) in [5.74, 6) is -3.61. The molecule has 0 aromatic heterocycles. The quantitative estimate of drug-likeness (QED) is 0.735. The lowest BCUT2D eigenvalue weighted by molar-refractivity contribution is -0.123. The lowest BCUT2D eigenvalue weighted by atomic mass is 10.2. The Morgan fingerprint density at radius 1 is 1.32 bits per heavy atom. The third-order valence-electron chi connectivity index (χ3n) is 3.21. The van der Waals surface area contributed by atoms with Crippen molar-refractivity contribution in [1.82, 2.24) is 10.6 Å². The van der Waals surface area contributed by atoms with Crippen molar-refractivity contribution >= 4 is 33.4 Å². The molecular formula is C14H16BrF2N3O2. The predicted octanol–water partition coefficient (Wildman–Crippen LogP) is 1.89. The number of halogens is 3. The van der Waals surface area contributed by atoms with Gasteiger partial charge in [-0.25, -0.2) is 8.78 Å². The molecule has 22 heavy (non-hydrogen) atoms. The van der Waals surface area contributed by atoms with E-state index in [9.17, 15) is 18.4 Å². The van der Waals surface area contributed by atoms with Gasteiger partial charge in [-0.3, -0.25) is 14.9 Å². The number of nitrogens with one attached hydrogen (secondary N) is 3. The highest BCUT2D eigenvalue weighted by Gasteiger charge is 2.42. The molecule has 1 aliphatic rings. The Balaban J connectivity index is 1.69. The molecule has 0 aliphatic carbocycles. The van der Waals surface area contributed by atoms with Gasteiger partial charge in [0.2, 0.25) is 11.8 Å². The first-order valence-electron chi connectivity index (χ1n) is 6.80. The Bertz CT molecular complexity index is 552. The number of benzene rings is 1. The summed E-state index contributed by atoms with van der Waals surface area (Å²) in [6.45, 7) is -0.389. The van der Waals surface area contributed by atoms with Crippen LogP contribution in [0.1, 0.15) is 12.8 Å². The lowest BCUT2D eigenvalue weighted by Crippen LogP contribution is -2.41. The van der Waals surface area contributed by atoms with E-state index >= 15 is 0 Å². The highest BCUT2D eigenvalue weighted by Crippen LogP contribution is 2.24. The van der Waals surface area contributed by atoms with Gasteiger partial charge < -0.3 is 10.6 Å². The molecule has 1 aromatic rings. The maximum Gasteiger partial charge on any atom is 0.262 e. The fourth-order valence-electron chi connectivity index (χ4n) is 2.08. The number of anilines is 1. The molecule has 1 aromatic carbocycles. The van der Waals surface area contributed by atoms with E-state index in [0.29, 0.717) is 5.69 Å². The number of amides is 2. The molecule has 0 saturated carbocycles. The van der Waals surface area contributed by atoms with Crippen LogP contribution in [-0.2, 0) is 9.59 Å². The van der Waals surface area contributed by atoms with Crippen LogP contribution in [0.25, 0.3) is 0 Å². The van der Waals surface area contributed by atoms with Gasteiger partial charge in [-0.05, 0) is 24.3 Å². The first-order chi connectivity index (χ1) is 10.4. The number of carbonyl (C=O) groups is 2. The molecule has 1 aliphatic heterocycles. The lowest BCUT2D eigenvalue weighted by Gasteiger charge is -2.11. The van der Waals surface area contributed by atoms with Crippen molar-refractivity contribution in [3.05, 3.63) is 28.7 Å². The maximum absolute atomic E-state index is 13.0. The van der Waals surface area contributed by atoms with Crippen molar-refractivity contribution in [2.75, 3.05) is 18.4 Å². The minimum Gasteiger partial charge on any atom is -0.354 e. The molecule has 2 rings (SSSR count). The molecule has 1 heterocycles. The standard InChI is InChI=1S/C14H16BrF2N3O2/c15-9-1-3-10(4-2-9)20-12(21)5-6-18-13(22)11-7-14(16,17)8-19-11/h1-4,11,19H,5-8H2,(H,18,22)(H,20,21). The van der Waals surface area contributed by atoms with Crippen LogP contribution in [0.2, 0.25) is 0 Å². The molecule has 1 atom stereocenters. The predicted molar refractivity (Wildman–Crippen MR) is 81.8 cm³/mol. The van der Waals surface area contributed by atoms with Crippen LogP contribution in [0, 0.1) is 0 Å². The van der Waals surface area contributed by atoms with Crippen LogP contribution in [0.15, 0.2) is 28.7 Å². The fraction of sp³-hybridized carbons (Fsp3) is 0.429. The van der Waals surface area contributed by atoms with E-state index in [-0.39, 0.29) is 18.9 Å². The average molecular weight is 376 g/mol. The summed E-state index contributed by atoms with van der Waals surface area (Å²) in [4.78, 5) is 23.4. The molecular weight excluding hydrogens is 360 g/mol. The van der Waals surface area contributed by atoms with Crippen LogP contribution >= 0.6 is 15.9 Å². The van der Waals surface area contributed by atoms with Crippen molar-refractivity contribution in [1.29, 1.82) is 0 Å². The summed E-state index contributed by atoms with van der Waals surface area (Å²) in [6.07, 6.45) is -0.436. The maximum atomic E-state index is 13.0. The summed E-state index contributed by atoms with van der Waals surface area (Å²) < 4.78 is 26.8. The second kappa shape index (κ2) is 7.15. The summed E-state index contributed by atoms with van der Waals surface area (Å²) in [5, 5.41) is 7.63. The summed E-state index contributed by atoms with van der Waals surface area (Å²) in [5.41, 5.74) is 0.650. The van der Waals surface area contributed by atoms with Crippen LogP contribution < -0.4 is 16.0 Å². The van der Waals surface area contributed by atoms with Crippen LogP contribution in [-0.4, -0.2) is 36.9 Å². The van der Waals surface area contributed by atoms with Crippen molar-refractivity contribution in [2.45, 2.75) is 24.8 Å². The largest absolute Gasteiger partial charge is 0.354 e. The first kappa shape index (κ1) is 16.8. The van der Waals surface area contributed by atoms with Gasteiger partial charge in [0.1, 0.15) is 0 Å². The van der Waals surface area contributed by atoms with Gasteiger partial charge in [-0.2, -0.15) is 0 Å². The van der Waals surface area contributed by atoms with Gasteiger partial charge in [0.15, 0.2) is 0 Å². The highest BCUT2D eigenvalue weighted by atomic mass is 79.9. The zero-order chi connectivity index (χ0) is 16.2. The molecule has 1 fully saturated rings. The van der Waals surface area contributed by atoms with Gasteiger partial charge >= 0.3 is 0 Å². The molecule has 0 spiro atoms. The zero-order valence-corrected chi connectivity index (χ0v) is 13.3. The average Bonchev–Trinajstić information content (AvgIpc) is 2.82. The van der Waals surface area contributed by atoms with Crippen LogP contribution in [0.3, 0.4) is 0 Å². The van der Waals surface area contributed by atoms with E-state index in [1.807, 2.05) is 0 Å². The van der Waals surface area contributed by atoms with Gasteiger partial charge in [-0.1, -0.05) is 15.9 Å². The van der Waals surface area contributed by atoms with E-state index in [4.69, 9.17) is 0 Å². The van der Waals surface area contributed by atoms with E-state index in [1.54, 1.807) is 24.3 Å². The van der Waals surface area contributed by atoms with Crippen LogP contribution in [0.5, 0.6) is 0 Å². The molecule has 120 valence electrons. The van der Waals surface area contributed by atoms with Crippen molar-refractivity contribution in [3.63, 3.8) is 0 Å². The molecule has 2 amide bonds. The molecule has 5 nitrogen and oxygen atoms in total. The Morgan fingerprint density at radius 3 is 2.59 bits per heavy atom. The third-order valence-corrected chi connectivity index (χ3v) is 3.73. The van der Waals surface area contributed by atoms with E-state index < -0.39 is 30.8 Å². The minimum absolute atomic E-state index is 0.0743. The summed E-state index contributed by atoms with van der Waals surface area (Å²) in [7, 11) is 0. The van der Waals surface area contributed by atoms with E-state index in [2.05, 4.69) is 31.9 Å². The highest BCUT2D eigenvalue weighted by molar-refractivity contribution is 9.10. The molecule has 8 heteroatoms. The molecule has 1 unspecified atom stereocenters. The summed E-state index contributed by atoms with van der Waals surface area (Å²) in [6, 6.07) is 6.17. The number of hydrogen-bond donors (Lipinski definition) is 3. The van der Waals surface area contributed by atoms with Crippen molar-refractivity contribution < 1.29 is 18.4 Å². The normalized spacial score (nSPS) is 19.7. The van der Waals surface area contributed by atoms with Gasteiger partial charge in [-0.15, -0.1) is 0 Å². The van der Waals surface area contributed by atoms with Gasteiger partial charge in [0, 0.05) is 29.5 Å². The minimum atomic E-state index is -2.85. The Hall–Kier alpha value is -1.54. The van der Waals surface area contributed by atoms with Gasteiger partial charge in [0.25, 0.3) is 5.92 Å².